The Balaban J connectivity index is 2.29. The van der Waals surface area contributed by atoms with Crippen LogP contribution in [0, 0.1) is 6.92 Å². The number of anilines is 2. The highest BCUT2D eigenvalue weighted by atomic mass is 32.2. The highest BCUT2D eigenvalue weighted by Crippen LogP contribution is 2.31. The lowest BCUT2D eigenvalue weighted by Crippen LogP contribution is -2.22. The van der Waals surface area contributed by atoms with Crippen molar-refractivity contribution in [2.45, 2.75) is 26.0 Å². The van der Waals surface area contributed by atoms with Gasteiger partial charge in [0.25, 0.3) is 0 Å². The van der Waals surface area contributed by atoms with Gasteiger partial charge in [-0.25, -0.2) is 13.4 Å². The van der Waals surface area contributed by atoms with Crippen LogP contribution in [0.25, 0.3) is 10.4 Å². The predicted octanol–water partition coefficient (Wildman–Crippen LogP) is 2.85. The quantitative estimate of drug-likeness (QED) is 0.850. The number of benzene rings is 1. The fourth-order valence-corrected chi connectivity index (χ4v) is 3.35. The maximum absolute atomic E-state index is 11.8. The van der Waals surface area contributed by atoms with Crippen molar-refractivity contribution < 1.29 is 8.42 Å². The Hall–Kier alpha value is -1.60. The smallest absolute Gasteiger partial charge is 0.236 e. The lowest BCUT2D eigenvalue weighted by molar-refractivity contribution is 0.592. The SMILES string of the molecule is Cc1cc(N)cc(-c2cnc(NS(=O)(=O)C(C)C)s2)c1. The molecule has 0 radical (unpaired) electrons. The molecule has 0 saturated heterocycles. The molecule has 0 fully saturated rings. The van der Waals surface area contributed by atoms with Crippen LogP contribution in [0.15, 0.2) is 24.4 Å². The van der Waals surface area contributed by atoms with Crippen LogP contribution in [-0.4, -0.2) is 18.7 Å². The summed E-state index contributed by atoms with van der Waals surface area (Å²) < 4.78 is 26.1. The fraction of sp³-hybridized carbons (Fsp3) is 0.308. The monoisotopic (exact) mass is 311 g/mol. The predicted molar refractivity (Wildman–Crippen MR) is 84.4 cm³/mol. The van der Waals surface area contributed by atoms with E-state index in [0.717, 1.165) is 16.0 Å². The Kier molecular flexibility index (Phi) is 4.01. The molecule has 7 heteroatoms. The zero-order valence-electron chi connectivity index (χ0n) is 11.5. The second kappa shape index (κ2) is 5.41. The van der Waals surface area contributed by atoms with Gasteiger partial charge in [0.1, 0.15) is 0 Å². The minimum Gasteiger partial charge on any atom is -0.399 e. The van der Waals surface area contributed by atoms with Crippen LogP contribution in [0.3, 0.4) is 0 Å². The molecular weight excluding hydrogens is 294 g/mol. The van der Waals surface area contributed by atoms with E-state index in [0.29, 0.717) is 10.8 Å². The molecule has 1 aromatic heterocycles. The van der Waals surface area contributed by atoms with Gasteiger partial charge in [-0.05, 0) is 44.0 Å². The molecule has 0 bridgehead atoms. The second-order valence-corrected chi connectivity index (χ2v) is 8.13. The average Bonchev–Trinajstić information content (AvgIpc) is 2.75. The molecule has 5 nitrogen and oxygen atoms in total. The van der Waals surface area contributed by atoms with E-state index in [2.05, 4.69) is 9.71 Å². The zero-order chi connectivity index (χ0) is 14.9. The van der Waals surface area contributed by atoms with Crippen LogP contribution in [0.5, 0.6) is 0 Å². The molecule has 2 aromatic rings. The summed E-state index contributed by atoms with van der Waals surface area (Å²) in [5.41, 5.74) is 8.49. The Morgan fingerprint density at radius 2 is 2.00 bits per heavy atom. The van der Waals surface area contributed by atoms with Crippen molar-refractivity contribution in [1.82, 2.24) is 4.98 Å². The first-order valence-electron chi connectivity index (χ1n) is 6.13. The zero-order valence-corrected chi connectivity index (χ0v) is 13.2. The summed E-state index contributed by atoms with van der Waals surface area (Å²) in [5, 5.41) is -0.127. The maximum atomic E-state index is 11.8. The summed E-state index contributed by atoms with van der Waals surface area (Å²) in [5.74, 6) is 0. The van der Waals surface area contributed by atoms with E-state index >= 15 is 0 Å². The lowest BCUT2D eigenvalue weighted by Gasteiger charge is -2.07. The van der Waals surface area contributed by atoms with E-state index in [9.17, 15) is 8.42 Å². The maximum Gasteiger partial charge on any atom is 0.236 e. The van der Waals surface area contributed by atoms with Crippen LogP contribution in [0.1, 0.15) is 19.4 Å². The summed E-state index contributed by atoms with van der Waals surface area (Å²) in [6.07, 6.45) is 1.65. The lowest BCUT2D eigenvalue weighted by atomic mass is 10.1. The first-order chi connectivity index (χ1) is 9.28. The van der Waals surface area contributed by atoms with Crippen molar-refractivity contribution in [2.24, 2.45) is 0 Å². The summed E-state index contributed by atoms with van der Waals surface area (Å²) in [6.45, 7) is 5.21. The molecule has 0 spiro atoms. The van der Waals surface area contributed by atoms with Crippen LogP contribution in [-0.2, 0) is 10.0 Å². The van der Waals surface area contributed by atoms with Gasteiger partial charge in [0.05, 0.1) is 10.1 Å². The molecule has 108 valence electrons. The molecular formula is C13H17N3O2S2. The molecule has 0 amide bonds. The number of nitrogens with two attached hydrogens (primary N) is 1. The minimum atomic E-state index is -3.36. The molecule has 3 N–H and O–H groups in total. The molecule has 0 aliphatic heterocycles. The van der Waals surface area contributed by atoms with E-state index in [1.165, 1.54) is 11.3 Å². The number of nitrogens with zero attached hydrogens (tertiary/aromatic N) is 1. The van der Waals surface area contributed by atoms with Crippen molar-refractivity contribution in [2.75, 3.05) is 10.5 Å². The topological polar surface area (TPSA) is 85.1 Å². The normalized spacial score (nSPS) is 11.8. The number of thiazole rings is 1. The van der Waals surface area contributed by atoms with Gasteiger partial charge in [-0.3, -0.25) is 4.72 Å². The number of aryl methyl sites for hydroxylation is 1. The van der Waals surface area contributed by atoms with Crippen LogP contribution < -0.4 is 10.5 Å². The number of rotatable bonds is 4. The highest BCUT2D eigenvalue weighted by molar-refractivity contribution is 7.93. The third-order valence-corrected chi connectivity index (χ3v) is 5.55. The molecule has 1 aromatic carbocycles. The summed E-state index contributed by atoms with van der Waals surface area (Å²) in [7, 11) is -3.36. The van der Waals surface area contributed by atoms with Crippen molar-refractivity contribution in [3.8, 4) is 10.4 Å². The molecule has 0 aliphatic rings. The summed E-state index contributed by atoms with van der Waals surface area (Å²) in [6, 6.07) is 5.72. The van der Waals surface area contributed by atoms with Crippen molar-refractivity contribution in [1.29, 1.82) is 0 Å². The third-order valence-electron chi connectivity index (χ3n) is 2.74. The van der Waals surface area contributed by atoms with E-state index in [1.54, 1.807) is 20.0 Å². The Labute approximate surface area is 122 Å². The standard InChI is InChI=1S/C13H17N3O2S2/c1-8(2)20(17,18)16-13-15-7-12(19-13)10-4-9(3)5-11(14)6-10/h4-8H,14H2,1-3H3,(H,15,16). The number of aromatic nitrogens is 1. The van der Waals surface area contributed by atoms with Crippen LogP contribution in [0.4, 0.5) is 10.8 Å². The van der Waals surface area contributed by atoms with Crippen LogP contribution in [0.2, 0.25) is 0 Å². The van der Waals surface area contributed by atoms with Crippen molar-refractivity contribution in [3.63, 3.8) is 0 Å². The van der Waals surface area contributed by atoms with Gasteiger partial charge in [-0.1, -0.05) is 17.4 Å². The van der Waals surface area contributed by atoms with E-state index in [4.69, 9.17) is 5.73 Å². The van der Waals surface area contributed by atoms with Gasteiger partial charge in [0.2, 0.25) is 10.0 Å². The minimum absolute atomic E-state index is 0.369. The number of sulfonamides is 1. The van der Waals surface area contributed by atoms with Gasteiger partial charge < -0.3 is 5.73 Å². The van der Waals surface area contributed by atoms with Crippen LogP contribution >= 0.6 is 11.3 Å². The third kappa shape index (κ3) is 3.29. The highest BCUT2D eigenvalue weighted by Gasteiger charge is 2.17. The van der Waals surface area contributed by atoms with Gasteiger partial charge >= 0.3 is 0 Å². The number of hydrogen-bond donors (Lipinski definition) is 2. The van der Waals surface area contributed by atoms with Crippen molar-refractivity contribution >= 4 is 32.2 Å². The van der Waals surface area contributed by atoms with Gasteiger partial charge in [0.15, 0.2) is 5.13 Å². The number of hydrogen-bond acceptors (Lipinski definition) is 5. The Morgan fingerprint density at radius 1 is 1.30 bits per heavy atom. The van der Waals surface area contributed by atoms with Gasteiger partial charge in [0, 0.05) is 11.9 Å². The van der Waals surface area contributed by atoms with E-state index in [-0.39, 0.29) is 0 Å². The number of nitrogens with one attached hydrogen (secondary N) is 1. The van der Waals surface area contributed by atoms with Crippen molar-refractivity contribution in [3.05, 3.63) is 30.0 Å². The second-order valence-electron chi connectivity index (χ2n) is 4.86. The Bertz CT molecular complexity index is 701. The van der Waals surface area contributed by atoms with E-state index in [1.807, 2.05) is 25.1 Å². The molecule has 0 saturated carbocycles. The van der Waals surface area contributed by atoms with Gasteiger partial charge in [-0.2, -0.15) is 0 Å². The summed E-state index contributed by atoms with van der Waals surface area (Å²) in [4.78, 5) is 4.98. The first-order valence-corrected chi connectivity index (χ1v) is 8.49. The fourth-order valence-electron chi connectivity index (χ4n) is 1.65. The van der Waals surface area contributed by atoms with Gasteiger partial charge in [-0.15, -0.1) is 0 Å². The molecule has 0 unspecified atom stereocenters. The summed E-state index contributed by atoms with van der Waals surface area (Å²) >= 11 is 1.29. The van der Waals surface area contributed by atoms with E-state index < -0.39 is 15.3 Å². The molecule has 0 aliphatic carbocycles. The molecule has 20 heavy (non-hydrogen) atoms. The molecule has 1 heterocycles. The average molecular weight is 311 g/mol. The molecule has 0 atom stereocenters. The largest absolute Gasteiger partial charge is 0.399 e. The Morgan fingerprint density at radius 3 is 2.60 bits per heavy atom. The number of nitrogen functional groups attached to an aromatic ring is 1. The molecule has 2 rings (SSSR count). The first kappa shape index (κ1) is 14.8.